The van der Waals surface area contributed by atoms with Gasteiger partial charge >= 0.3 is 0 Å². The first kappa shape index (κ1) is 10.5. The van der Waals surface area contributed by atoms with Crippen molar-refractivity contribution in [2.75, 3.05) is 0 Å². The van der Waals surface area contributed by atoms with E-state index in [1.807, 2.05) is 0 Å². The van der Waals surface area contributed by atoms with Crippen molar-refractivity contribution in [2.45, 2.75) is 19.9 Å². The van der Waals surface area contributed by atoms with Crippen LogP contribution in [0.1, 0.15) is 28.9 Å². The number of pyridine rings is 1. The van der Waals surface area contributed by atoms with E-state index in [4.69, 9.17) is 11.0 Å². The van der Waals surface area contributed by atoms with Crippen LogP contribution in [-0.2, 0) is 6.54 Å². The van der Waals surface area contributed by atoms with Crippen LogP contribution in [0.2, 0.25) is 0 Å². The summed E-state index contributed by atoms with van der Waals surface area (Å²) >= 11 is 0. The average molecular weight is 197 g/mol. The highest BCUT2D eigenvalue weighted by molar-refractivity contribution is 5.39. The molecule has 0 saturated carbocycles. The van der Waals surface area contributed by atoms with E-state index in [0.29, 0.717) is 5.69 Å². The second-order valence-electron chi connectivity index (χ2n) is 2.80. The Hall–Kier alpha value is -1.54. The van der Waals surface area contributed by atoms with Crippen LogP contribution in [0.4, 0.5) is 8.78 Å². The van der Waals surface area contributed by atoms with Crippen molar-refractivity contribution in [2.24, 2.45) is 5.73 Å². The summed E-state index contributed by atoms with van der Waals surface area (Å²) in [7, 11) is 0. The number of halogens is 2. The molecular weight excluding hydrogens is 188 g/mol. The molecule has 0 unspecified atom stereocenters. The van der Waals surface area contributed by atoms with E-state index in [1.54, 1.807) is 13.0 Å². The van der Waals surface area contributed by atoms with E-state index in [9.17, 15) is 8.78 Å². The molecule has 0 atom stereocenters. The number of nitrogens with zero attached hydrogens (tertiary/aromatic N) is 2. The van der Waals surface area contributed by atoms with Gasteiger partial charge in [0, 0.05) is 23.4 Å². The number of hydrogen-bond donors (Lipinski definition) is 1. The monoisotopic (exact) mass is 197 g/mol. The fourth-order valence-electron chi connectivity index (χ4n) is 1.23. The number of aryl methyl sites for hydroxylation is 1. The third-order valence-corrected chi connectivity index (χ3v) is 1.83. The van der Waals surface area contributed by atoms with E-state index in [2.05, 4.69) is 4.98 Å². The Morgan fingerprint density at radius 1 is 1.64 bits per heavy atom. The van der Waals surface area contributed by atoms with Crippen molar-refractivity contribution in [1.82, 2.24) is 4.98 Å². The fraction of sp³-hybridized carbons (Fsp3) is 0.333. The van der Waals surface area contributed by atoms with Gasteiger partial charge in [0.15, 0.2) is 0 Å². The molecule has 74 valence electrons. The molecule has 0 amide bonds. The molecule has 0 aliphatic heterocycles. The number of aromatic nitrogens is 1. The minimum atomic E-state index is -2.62. The van der Waals surface area contributed by atoms with Crippen molar-refractivity contribution in [3.05, 3.63) is 28.6 Å². The lowest BCUT2D eigenvalue weighted by Gasteiger charge is -2.08. The van der Waals surface area contributed by atoms with Gasteiger partial charge in [-0.15, -0.1) is 0 Å². The van der Waals surface area contributed by atoms with Gasteiger partial charge in [-0.05, 0) is 13.0 Å². The van der Waals surface area contributed by atoms with E-state index < -0.39 is 6.43 Å². The van der Waals surface area contributed by atoms with E-state index in [1.165, 1.54) is 6.07 Å². The van der Waals surface area contributed by atoms with E-state index in [-0.39, 0.29) is 23.4 Å². The number of nitrogens with two attached hydrogens (primary N) is 1. The number of alkyl halides is 2. The largest absolute Gasteiger partial charge is 0.326 e. The second kappa shape index (κ2) is 4.11. The minimum Gasteiger partial charge on any atom is -0.326 e. The normalized spacial score (nSPS) is 10.3. The SMILES string of the molecule is Cc1cc(C(F)F)c(CN)c(C#N)n1. The highest BCUT2D eigenvalue weighted by Gasteiger charge is 2.16. The molecule has 0 spiro atoms. The lowest BCUT2D eigenvalue weighted by atomic mass is 10.1. The molecule has 5 heteroatoms. The third-order valence-electron chi connectivity index (χ3n) is 1.83. The summed E-state index contributed by atoms with van der Waals surface area (Å²) in [6, 6.07) is 3.02. The summed E-state index contributed by atoms with van der Waals surface area (Å²) in [5, 5.41) is 8.67. The third kappa shape index (κ3) is 1.86. The molecule has 0 bridgehead atoms. The molecule has 0 aromatic carbocycles. The first-order valence-electron chi connectivity index (χ1n) is 3.99. The van der Waals surface area contributed by atoms with Crippen molar-refractivity contribution in [3.8, 4) is 6.07 Å². The van der Waals surface area contributed by atoms with Crippen molar-refractivity contribution < 1.29 is 8.78 Å². The van der Waals surface area contributed by atoms with E-state index >= 15 is 0 Å². The first-order valence-corrected chi connectivity index (χ1v) is 3.99. The van der Waals surface area contributed by atoms with Crippen LogP contribution >= 0.6 is 0 Å². The average Bonchev–Trinajstić information content (AvgIpc) is 2.16. The van der Waals surface area contributed by atoms with Gasteiger partial charge in [-0.25, -0.2) is 13.8 Å². The predicted molar refractivity (Wildman–Crippen MR) is 46.5 cm³/mol. The summed E-state index contributed by atoms with van der Waals surface area (Å²) in [5.41, 5.74) is 5.61. The summed E-state index contributed by atoms with van der Waals surface area (Å²) in [6.07, 6.45) is -2.62. The van der Waals surface area contributed by atoms with Crippen LogP contribution in [0.25, 0.3) is 0 Å². The highest BCUT2D eigenvalue weighted by Crippen LogP contribution is 2.24. The smallest absolute Gasteiger partial charge is 0.264 e. The van der Waals surface area contributed by atoms with Gasteiger partial charge in [-0.3, -0.25) is 0 Å². The quantitative estimate of drug-likeness (QED) is 0.784. The van der Waals surface area contributed by atoms with Crippen LogP contribution in [0.3, 0.4) is 0 Å². The van der Waals surface area contributed by atoms with Crippen LogP contribution in [0.5, 0.6) is 0 Å². The molecule has 0 saturated heterocycles. The van der Waals surface area contributed by atoms with Crippen LogP contribution in [0, 0.1) is 18.3 Å². The Morgan fingerprint density at radius 3 is 2.71 bits per heavy atom. The van der Waals surface area contributed by atoms with Crippen LogP contribution in [-0.4, -0.2) is 4.98 Å². The fourth-order valence-corrected chi connectivity index (χ4v) is 1.23. The lowest BCUT2D eigenvalue weighted by Crippen LogP contribution is -2.07. The Morgan fingerprint density at radius 2 is 2.29 bits per heavy atom. The van der Waals surface area contributed by atoms with E-state index in [0.717, 1.165) is 0 Å². The molecule has 1 aromatic rings. The number of hydrogen-bond acceptors (Lipinski definition) is 3. The molecule has 0 radical (unpaired) electrons. The zero-order valence-electron chi connectivity index (χ0n) is 7.59. The van der Waals surface area contributed by atoms with Crippen molar-refractivity contribution in [3.63, 3.8) is 0 Å². The summed E-state index contributed by atoms with van der Waals surface area (Å²) in [5.74, 6) is 0. The Bertz CT molecular complexity index is 382. The molecule has 1 aromatic heterocycles. The maximum atomic E-state index is 12.5. The molecule has 3 nitrogen and oxygen atoms in total. The zero-order valence-corrected chi connectivity index (χ0v) is 7.59. The van der Waals surface area contributed by atoms with Gasteiger partial charge in [-0.1, -0.05) is 0 Å². The van der Waals surface area contributed by atoms with Gasteiger partial charge in [0.25, 0.3) is 6.43 Å². The maximum absolute atomic E-state index is 12.5. The Balaban J connectivity index is 3.41. The topological polar surface area (TPSA) is 62.7 Å². The second-order valence-corrected chi connectivity index (χ2v) is 2.80. The van der Waals surface area contributed by atoms with Gasteiger partial charge in [0.05, 0.1) is 0 Å². The van der Waals surface area contributed by atoms with Gasteiger partial charge in [0.1, 0.15) is 11.8 Å². The van der Waals surface area contributed by atoms with Crippen molar-refractivity contribution in [1.29, 1.82) is 5.26 Å². The molecular formula is C9H9F2N3. The molecule has 1 rings (SSSR count). The highest BCUT2D eigenvalue weighted by atomic mass is 19.3. The molecule has 0 aliphatic carbocycles. The molecule has 1 heterocycles. The molecule has 2 N–H and O–H groups in total. The summed E-state index contributed by atoms with van der Waals surface area (Å²) < 4.78 is 25.0. The van der Waals surface area contributed by atoms with Gasteiger partial charge in [-0.2, -0.15) is 5.26 Å². The minimum absolute atomic E-state index is 0.0113. The molecule has 0 aliphatic rings. The Kier molecular flexibility index (Phi) is 3.10. The molecule has 14 heavy (non-hydrogen) atoms. The number of rotatable bonds is 2. The van der Waals surface area contributed by atoms with Crippen molar-refractivity contribution >= 4 is 0 Å². The first-order chi connectivity index (χ1) is 6.60. The predicted octanol–water partition coefficient (Wildman–Crippen LogP) is 1.66. The van der Waals surface area contributed by atoms with Crippen LogP contribution in [0.15, 0.2) is 6.07 Å². The number of nitriles is 1. The maximum Gasteiger partial charge on any atom is 0.264 e. The van der Waals surface area contributed by atoms with Crippen LogP contribution < -0.4 is 5.73 Å². The molecule has 0 fully saturated rings. The summed E-state index contributed by atoms with van der Waals surface area (Å²) in [4.78, 5) is 3.83. The summed E-state index contributed by atoms with van der Waals surface area (Å²) in [6.45, 7) is 1.46. The zero-order chi connectivity index (χ0) is 10.7. The van der Waals surface area contributed by atoms with Gasteiger partial charge < -0.3 is 5.73 Å². The standard InChI is InChI=1S/C9H9F2N3/c1-5-2-6(9(10)11)7(3-12)8(4-13)14-5/h2,9H,3,12H2,1H3. The Labute approximate surface area is 80.2 Å². The lowest BCUT2D eigenvalue weighted by molar-refractivity contribution is 0.150. The van der Waals surface area contributed by atoms with Gasteiger partial charge in [0.2, 0.25) is 0 Å².